The van der Waals surface area contributed by atoms with E-state index in [0.717, 1.165) is 45.6 Å². The summed E-state index contributed by atoms with van der Waals surface area (Å²) in [4.78, 5) is 29.9. The maximum atomic E-state index is 14.4. The van der Waals surface area contributed by atoms with Crippen LogP contribution in [0.3, 0.4) is 0 Å². The standard InChI is InChI=1S/C33H38BrN3O6S/c1-2-44(40,41)37(28-16-17-30-31(21-28)43-19-18-42-30)23-32(38)36(22-25-12-14-26(34)15-13-25)29(20-24-8-4-3-5-9-24)33(39)35-27-10-6-7-11-27/h3-5,8-9,12-17,21,27,29H,2,6-7,10-11,18-20,22-23H2,1H3,(H,35,39)/t29-/m0/s1. The van der Waals surface area contributed by atoms with Crippen LogP contribution in [0.5, 0.6) is 11.5 Å². The Bertz CT molecular complexity index is 1550. The van der Waals surface area contributed by atoms with Gasteiger partial charge < -0.3 is 19.7 Å². The Hall–Kier alpha value is -3.57. The number of benzene rings is 3. The molecule has 1 heterocycles. The van der Waals surface area contributed by atoms with Gasteiger partial charge in [-0.15, -0.1) is 0 Å². The molecule has 0 aromatic heterocycles. The lowest BCUT2D eigenvalue weighted by molar-refractivity contribution is -0.140. The van der Waals surface area contributed by atoms with E-state index in [-0.39, 0.29) is 30.7 Å². The van der Waals surface area contributed by atoms with Crippen molar-refractivity contribution < 1.29 is 27.5 Å². The zero-order valence-electron chi connectivity index (χ0n) is 24.8. The van der Waals surface area contributed by atoms with Gasteiger partial charge in [0.2, 0.25) is 21.8 Å². The number of hydrogen-bond donors (Lipinski definition) is 1. The van der Waals surface area contributed by atoms with Gasteiger partial charge in [0.25, 0.3) is 0 Å². The fraction of sp³-hybridized carbons (Fsp3) is 0.394. The third-order valence-electron chi connectivity index (χ3n) is 8.03. The van der Waals surface area contributed by atoms with Crippen LogP contribution >= 0.6 is 15.9 Å². The predicted octanol–water partition coefficient (Wildman–Crippen LogP) is 5.08. The smallest absolute Gasteiger partial charge is 0.244 e. The highest BCUT2D eigenvalue weighted by molar-refractivity contribution is 9.10. The minimum atomic E-state index is -3.89. The summed E-state index contributed by atoms with van der Waals surface area (Å²) in [5, 5.41) is 3.19. The molecule has 11 heteroatoms. The average Bonchev–Trinajstić information content (AvgIpc) is 3.55. The van der Waals surface area contributed by atoms with Crippen LogP contribution in [0.25, 0.3) is 0 Å². The van der Waals surface area contributed by atoms with Gasteiger partial charge in [-0.2, -0.15) is 0 Å². The molecule has 0 saturated heterocycles. The molecule has 44 heavy (non-hydrogen) atoms. The second kappa shape index (κ2) is 14.5. The Labute approximate surface area is 267 Å². The minimum absolute atomic E-state index is 0.0556. The first kappa shape index (κ1) is 31.8. The lowest BCUT2D eigenvalue weighted by Crippen LogP contribution is -2.54. The molecule has 1 N–H and O–H groups in total. The molecule has 9 nitrogen and oxygen atoms in total. The van der Waals surface area contributed by atoms with E-state index in [2.05, 4.69) is 21.2 Å². The Morgan fingerprint density at radius 1 is 0.932 bits per heavy atom. The van der Waals surface area contributed by atoms with Crippen LogP contribution in [-0.2, 0) is 32.6 Å². The fourth-order valence-electron chi connectivity index (χ4n) is 5.61. The quantitative estimate of drug-likeness (QED) is 0.286. The molecule has 3 aromatic rings. The topological polar surface area (TPSA) is 105 Å². The molecular formula is C33H38BrN3O6S. The monoisotopic (exact) mass is 683 g/mol. The van der Waals surface area contributed by atoms with Crippen LogP contribution in [0, 0.1) is 0 Å². The summed E-state index contributed by atoms with van der Waals surface area (Å²) < 4.78 is 40.2. The molecule has 0 radical (unpaired) electrons. The van der Waals surface area contributed by atoms with Crippen molar-refractivity contribution in [2.75, 3.05) is 29.8 Å². The van der Waals surface area contributed by atoms with Gasteiger partial charge in [-0.1, -0.05) is 71.2 Å². The zero-order chi connectivity index (χ0) is 31.1. The number of carbonyl (C=O) groups is 2. The van der Waals surface area contributed by atoms with E-state index in [1.165, 1.54) is 11.8 Å². The lowest BCUT2D eigenvalue weighted by Gasteiger charge is -2.34. The van der Waals surface area contributed by atoms with Gasteiger partial charge in [-0.05, 0) is 55.2 Å². The van der Waals surface area contributed by atoms with Crippen LogP contribution in [0.1, 0.15) is 43.7 Å². The van der Waals surface area contributed by atoms with Crippen molar-refractivity contribution in [3.63, 3.8) is 0 Å². The average molecular weight is 685 g/mol. The number of ether oxygens (including phenoxy) is 2. The number of hydrogen-bond acceptors (Lipinski definition) is 6. The van der Waals surface area contributed by atoms with Crippen LogP contribution in [0.15, 0.2) is 77.3 Å². The normalized spacial score (nSPS) is 15.4. The summed E-state index contributed by atoms with van der Waals surface area (Å²) in [5.41, 5.74) is 2.01. The maximum Gasteiger partial charge on any atom is 0.244 e. The molecule has 2 aliphatic rings. The molecular weight excluding hydrogens is 646 g/mol. The van der Waals surface area contributed by atoms with Crippen molar-refractivity contribution in [3.8, 4) is 11.5 Å². The van der Waals surface area contributed by atoms with Crippen molar-refractivity contribution in [1.82, 2.24) is 10.2 Å². The van der Waals surface area contributed by atoms with E-state index in [4.69, 9.17) is 9.47 Å². The molecule has 0 unspecified atom stereocenters. The Kier molecular flexibility index (Phi) is 10.5. The zero-order valence-corrected chi connectivity index (χ0v) is 27.2. The van der Waals surface area contributed by atoms with Gasteiger partial charge >= 0.3 is 0 Å². The number of anilines is 1. The van der Waals surface area contributed by atoms with Gasteiger partial charge in [-0.25, -0.2) is 8.42 Å². The van der Waals surface area contributed by atoms with Gasteiger partial charge in [0, 0.05) is 29.5 Å². The number of fused-ring (bicyclic) bond motifs is 1. The molecule has 1 saturated carbocycles. The second-order valence-corrected chi connectivity index (χ2v) is 14.2. The minimum Gasteiger partial charge on any atom is -0.486 e. The Balaban J connectivity index is 1.51. The molecule has 1 fully saturated rings. The second-order valence-electron chi connectivity index (χ2n) is 11.1. The number of rotatable bonds is 12. The largest absolute Gasteiger partial charge is 0.486 e. The van der Waals surface area contributed by atoms with E-state index in [9.17, 15) is 18.0 Å². The van der Waals surface area contributed by atoms with E-state index < -0.39 is 28.5 Å². The number of nitrogens with one attached hydrogen (secondary N) is 1. The number of nitrogens with zero attached hydrogens (tertiary/aromatic N) is 2. The van der Waals surface area contributed by atoms with Crippen molar-refractivity contribution >= 4 is 43.5 Å². The molecule has 2 amide bonds. The van der Waals surface area contributed by atoms with Crippen molar-refractivity contribution in [2.24, 2.45) is 0 Å². The molecule has 1 aliphatic heterocycles. The lowest BCUT2D eigenvalue weighted by atomic mass is 10.0. The molecule has 5 rings (SSSR count). The fourth-order valence-corrected chi connectivity index (χ4v) is 6.93. The van der Waals surface area contributed by atoms with E-state index in [1.54, 1.807) is 18.2 Å². The van der Waals surface area contributed by atoms with Crippen molar-refractivity contribution in [1.29, 1.82) is 0 Å². The number of amides is 2. The first-order valence-corrected chi connectivity index (χ1v) is 17.4. The van der Waals surface area contributed by atoms with Crippen LogP contribution in [-0.4, -0.2) is 62.7 Å². The molecule has 1 aliphatic carbocycles. The summed E-state index contributed by atoms with van der Waals surface area (Å²) >= 11 is 3.46. The summed E-state index contributed by atoms with van der Waals surface area (Å²) in [6, 6.07) is 21.2. The van der Waals surface area contributed by atoms with Crippen LogP contribution in [0.4, 0.5) is 5.69 Å². The number of sulfonamides is 1. The molecule has 0 bridgehead atoms. The summed E-state index contributed by atoms with van der Waals surface area (Å²) in [5.74, 6) is 0.000254. The van der Waals surface area contributed by atoms with Gasteiger partial charge in [0.1, 0.15) is 25.8 Å². The van der Waals surface area contributed by atoms with Crippen LogP contribution < -0.4 is 19.1 Å². The third-order valence-corrected chi connectivity index (χ3v) is 10.3. The van der Waals surface area contributed by atoms with Crippen molar-refractivity contribution in [3.05, 3.63) is 88.4 Å². The highest BCUT2D eigenvalue weighted by Gasteiger charge is 2.35. The molecule has 0 spiro atoms. The number of halogens is 1. The van der Waals surface area contributed by atoms with Crippen molar-refractivity contribution in [2.45, 2.75) is 57.7 Å². The maximum absolute atomic E-state index is 14.4. The summed E-state index contributed by atoms with van der Waals surface area (Å²) in [7, 11) is -3.89. The summed E-state index contributed by atoms with van der Waals surface area (Å²) in [6.45, 7) is 1.93. The van der Waals surface area contributed by atoms with Gasteiger partial charge in [0.05, 0.1) is 11.4 Å². The number of carbonyl (C=O) groups excluding carboxylic acids is 2. The van der Waals surface area contributed by atoms with E-state index in [1.807, 2.05) is 54.6 Å². The molecule has 234 valence electrons. The highest BCUT2D eigenvalue weighted by atomic mass is 79.9. The third kappa shape index (κ3) is 7.92. The molecule has 1 atom stereocenters. The van der Waals surface area contributed by atoms with E-state index >= 15 is 0 Å². The highest BCUT2D eigenvalue weighted by Crippen LogP contribution is 2.35. The SMILES string of the molecule is CCS(=O)(=O)N(CC(=O)N(Cc1ccc(Br)cc1)[C@@H](Cc1ccccc1)C(=O)NC1CCCC1)c1ccc2c(c1)OCCO2. The Morgan fingerprint density at radius 3 is 2.30 bits per heavy atom. The first-order chi connectivity index (χ1) is 21.2. The van der Waals surface area contributed by atoms with Gasteiger partial charge in [-0.3, -0.25) is 13.9 Å². The predicted molar refractivity (Wildman–Crippen MR) is 173 cm³/mol. The van der Waals surface area contributed by atoms with Crippen LogP contribution in [0.2, 0.25) is 0 Å². The Morgan fingerprint density at radius 2 is 1.61 bits per heavy atom. The molecule has 3 aromatic carbocycles. The van der Waals surface area contributed by atoms with E-state index in [0.29, 0.717) is 30.4 Å². The summed E-state index contributed by atoms with van der Waals surface area (Å²) in [6.07, 6.45) is 4.19. The van der Waals surface area contributed by atoms with Gasteiger partial charge in [0.15, 0.2) is 11.5 Å². The first-order valence-electron chi connectivity index (χ1n) is 15.0.